The number of allylic oxidation sites excluding steroid dienone is 2. The fourth-order valence-electron chi connectivity index (χ4n) is 5.34. The van der Waals surface area contributed by atoms with Gasteiger partial charge in [-0.1, -0.05) is 6.08 Å². The Balaban J connectivity index is 1.42. The minimum absolute atomic E-state index is 0.0138. The Morgan fingerprint density at radius 3 is 2.70 bits per heavy atom. The van der Waals surface area contributed by atoms with E-state index in [0.29, 0.717) is 18.9 Å². The van der Waals surface area contributed by atoms with Gasteiger partial charge in [0.05, 0.1) is 18.8 Å². The van der Waals surface area contributed by atoms with Crippen molar-refractivity contribution < 1.29 is 14.3 Å². The lowest BCUT2D eigenvalue weighted by Gasteiger charge is -2.34. The average Bonchev–Trinajstić information content (AvgIpc) is 3.46. The van der Waals surface area contributed by atoms with Crippen molar-refractivity contribution in [2.45, 2.75) is 70.1 Å². The second-order valence-electron chi connectivity index (χ2n) is 9.44. The first-order chi connectivity index (χ1) is 16.0. The summed E-state index contributed by atoms with van der Waals surface area (Å²) in [5.41, 5.74) is 0.843. The van der Waals surface area contributed by atoms with Crippen molar-refractivity contribution in [1.29, 1.82) is 10.5 Å². The first kappa shape index (κ1) is 23.1. The molecule has 4 atom stereocenters. The molecule has 0 radical (unpaired) electrons. The highest BCUT2D eigenvalue weighted by Gasteiger charge is 2.36. The number of carbonyl (C=O) groups is 2. The van der Waals surface area contributed by atoms with Crippen LogP contribution in [0.4, 0.5) is 0 Å². The molecule has 0 aromatic rings. The molecule has 176 valence electrons. The smallest absolute Gasteiger partial charge is 0.245 e. The molecule has 3 aliphatic heterocycles. The average molecular weight is 453 g/mol. The summed E-state index contributed by atoms with van der Waals surface area (Å²) in [7, 11) is 0. The van der Waals surface area contributed by atoms with E-state index in [1.807, 2.05) is 17.0 Å². The maximum Gasteiger partial charge on any atom is 0.245 e. The SMILES string of the molecule is CC1CC2CC(NC(N[C@H]3CCCN(CC(=O)N4CCCC4)C3=O)=C(C#N)C#N)=CCC2O1. The molecule has 0 bridgehead atoms. The molecule has 4 rings (SSSR count). The molecule has 0 aromatic carbocycles. The van der Waals surface area contributed by atoms with Gasteiger partial charge < -0.3 is 25.2 Å². The van der Waals surface area contributed by atoms with Crippen LogP contribution < -0.4 is 10.6 Å². The minimum atomic E-state index is -0.587. The Bertz CT molecular complexity index is 907. The van der Waals surface area contributed by atoms with Gasteiger partial charge in [0, 0.05) is 25.3 Å². The lowest BCUT2D eigenvalue weighted by atomic mass is 9.88. The zero-order valence-electron chi connectivity index (χ0n) is 19.2. The number of hydrogen-bond donors (Lipinski definition) is 2. The predicted octanol–water partition coefficient (Wildman–Crippen LogP) is 1.51. The maximum absolute atomic E-state index is 13.1. The van der Waals surface area contributed by atoms with Crippen molar-refractivity contribution in [1.82, 2.24) is 20.4 Å². The summed E-state index contributed by atoms with van der Waals surface area (Å²) >= 11 is 0. The Labute approximate surface area is 195 Å². The second-order valence-corrected chi connectivity index (χ2v) is 9.44. The molecule has 2 amide bonds. The molecule has 33 heavy (non-hydrogen) atoms. The van der Waals surface area contributed by atoms with E-state index in [1.54, 1.807) is 4.90 Å². The largest absolute Gasteiger partial charge is 0.375 e. The van der Waals surface area contributed by atoms with Gasteiger partial charge in [-0.3, -0.25) is 9.59 Å². The summed E-state index contributed by atoms with van der Waals surface area (Å²) in [4.78, 5) is 29.1. The van der Waals surface area contributed by atoms with Gasteiger partial charge in [0.15, 0.2) is 5.57 Å². The van der Waals surface area contributed by atoms with E-state index >= 15 is 0 Å². The van der Waals surface area contributed by atoms with Gasteiger partial charge in [-0.15, -0.1) is 0 Å². The summed E-state index contributed by atoms with van der Waals surface area (Å²) < 4.78 is 5.94. The number of ether oxygens (including phenoxy) is 1. The summed E-state index contributed by atoms with van der Waals surface area (Å²) in [6, 6.07) is 3.28. The van der Waals surface area contributed by atoms with Crippen molar-refractivity contribution in [2.75, 3.05) is 26.2 Å². The Morgan fingerprint density at radius 1 is 1.21 bits per heavy atom. The van der Waals surface area contributed by atoms with E-state index in [4.69, 9.17) is 4.74 Å². The van der Waals surface area contributed by atoms with Crippen LogP contribution >= 0.6 is 0 Å². The number of fused-ring (bicyclic) bond motifs is 1. The van der Waals surface area contributed by atoms with Crippen LogP contribution in [0.2, 0.25) is 0 Å². The number of carbonyl (C=O) groups excluding carboxylic acids is 2. The van der Waals surface area contributed by atoms with E-state index in [0.717, 1.165) is 57.3 Å². The standard InChI is InChI=1S/C24H32N6O3/c1-16-11-17-12-19(6-7-21(17)33-16)27-23(18(13-25)14-26)28-20-5-4-10-30(24(20)32)15-22(31)29-8-2-3-9-29/h6,16-17,20-21,27-28H,2-5,7-12,15H2,1H3/t16?,17?,20-,21?/m0/s1. The Morgan fingerprint density at radius 2 is 1.97 bits per heavy atom. The van der Waals surface area contributed by atoms with Crippen LogP contribution in [0.15, 0.2) is 23.2 Å². The van der Waals surface area contributed by atoms with Crippen LogP contribution in [-0.4, -0.2) is 66.0 Å². The van der Waals surface area contributed by atoms with Gasteiger partial charge in [-0.25, -0.2) is 0 Å². The normalized spacial score (nSPS) is 28.9. The number of nitrogens with one attached hydrogen (secondary N) is 2. The molecular weight excluding hydrogens is 420 g/mol. The molecule has 3 unspecified atom stereocenters. The molecule has 3 saturated heterocycles. The van der Waals surface area contributed by atoms with E-state index in [1.165, 1.54) is 0 Å². The number of hydrogen-bond acceptors (Lipinski definition) is 7. The number of nitriles is 2. The van der Waals surface area contributed by atoms with Crippen molar-refractivity contribution >= 4 is 11.8 Å². The van der Waals surface area contributed by atoms with E-state index in [-0.39, 0.29) is 42.0 Å². The first-order valence-corrected chi connectivity index (χ1v) is 12.0. The third-order valence-corrected chi connectivity index (χ3v) is 7.04. The van der Waals surface area contributed by atoms with E-state index in [9.17, 15) is 20.1 Å². The molecule has 2 N–H and O–H groups in total. The van der Waals surface area contributed by atoms with Gasteiger partial charge in [-0.2, -0.15) is 10.5 Å². The van der Waals surface area contributed by atoms with Crippen molar-refractivity contribution in [3.63, 3.8) is 0 Å². The molecule has 9 heteroatoms. The van der Waals surface area contributed by atoms with Crippen LogP contribution in [0.3, 0.4) is 0 Å². The van der Waals surface area contributed by atoms with Gasteiger partial charge in [0.2, 0.25) is 11.8 Å². The third-order valence-electron chi connectivity index (χ3n) is 7.04. The van der Waals surface area contributed by atoms with Crippen molar-refractivity contribution in [2.24, 2.45) is 5.92 Å². The molecule has 0 saturated carbocycles. The molecule has 9 nitrogen and oxygen atoms in total. The van der Waals surface area contributed by atoms with Crippen LogP contribution in [-0.2, 0) is 14.3 Å². The fourth-order valence-corrected chi connectivity index (χ4v) is 5.34. The summed E-state index contributed by atoms with van der Waals surface area (Å²) in [5, 5.41) is 25.4. The van der Waals surface area contributed by atoms with Gasteiger partial charge in [0.1, 0.15) is 24.0 Å². The van der Waals surface area contributed by atoms with Crippen LogP contribution in [0.5, 0.6) is 0 Å². The minimum Gasteiger partial charge on any atom is -0.375 e. The van der Waals surface area contributed by atoms with Gasteiger partial charge in [-0.05, 0) is 57.8 Å². The summed E-state index contributed by atoms with van der Waals surface area (Å²) in [6.07, 6.45) is 8.42. The van der Waals surface area contributed by atoms with E-state index < -0.39 is 6.04 Å². The maximum atomic E-state index is 13.1. The quantitative estimate of drug-likeness (QED) is 0.586. The number of rotatable bonds is 6. The lowest BCUT2D eigenvalue weighted by Crippen LogP contribution is -2.54. The molecule has 0 aromatic heterocycles. The van der Waals surface area contributed by atoms with Crippen LogP contribution in [0.1, 0.15) is 51.9 Å². The van der Waals surface area contributed by atoms with Crippen LogP contribution in [0, 0.1) is 28.6 Å². The number of likely N-dealkylation sites (tertiary alicyclic amines) is 2. The Kier molecular flexibility index (Phi) is 7.20. The molecule has 3 heterocycles. The summed E-state index contributed by atoms with van der Waals surface area (Å²) in [6.45, 7) is 4.22. The van der Waals surface area contributed by atoms with Crippen molar-refractivity contribution in [3.05, 3.63) is 23.2 Å². The zero-order valence-corrected chi connectivity index (χ0v) is 19.2. The number of piperidine rings is 1. The van der Waals surface area contributed by atoms with Gasteiger partial charge in [0.25, 0.3) is 0 Å². The topological polar surface area (TPSA) is 121 Å². The number of amides is 2. The van der Waals surface area contributed by atoms with Crippen LogP contribution in [0.25, 0.3) is 0 Å². The number of nitrogens with zero attached hydrogens (tertiary/aromatic N) is 4. The summed E-state index contributed by atoms with van der Waals surface area (Å²) in [5.74, 6) is 0.492. The molecule has 0 spiro atoms. The lowest BCUT2D eigenvalue weighted by molar-refractivity contribution is -0.142. The van der Waals surface area contributed by atoms with E-state index in [2.05, 4.69) is 23.6 Å². The highest BCUT2D eigenvalue weighted by Crippen LogP contribution is 2.36. The van der Waals surface area contributed by atoms with Crippen molar-refractivity contribution in [3.8, 4) is 12.1 Å². The molecular formula is C24H32N6O3. The molecule has 3 fully saturated rings. The zero-order chi connectivity index (χ0) is 23.4. The molecule has 4 aliphatic rings. The highest BCUT2D eigenvalue weighted by atomic mass is 16.5. The predicted molar refractivity (Wildman–Crippen MR) is 120 cm³/mol. The first-order valence-electron chi connectivity index (χ1n) is 12.0. The molecule has 1 aliphatic carbocycles. The monoisotopic (exact) mass is 452 g/mol. The highest BCUT2D eigenvalue weighted by molar-refractivity contribution is 5.88. The van der Waals surface area contributed by atoms with Gasteiger partial charge >= 0.3 is 0 Å². The Hall–Kier alpha value is -3.04. The third kappa shape index (κ3) is 5.31. The fraction of sp³-hybridized carbons (Fsp3) is 0.667. The second kappa shape index (κ2) is 10.3.